The summed E-state index contributed by atoms with van der Waals surface area (Å²) in [5.41, 5.74) is 1.93. The van der Waals surface area contributed by atoms with Gasteiger partial charge in [0.15, 0.2) is 0 Å². The van der Waals surface area contributed by atoms with E-state index in [1.165, 1.54) is 19.8 Å². The maximum atomic E-state index is 11.7. The number of Topliss-reactive ketones (excluding diaryl/α,β-unsaturated/α-hetero) is 1. The van der Waals surface area contributed by atoms with Crippen LogP contribution < -0.4 is 5.32 Å². The number of amides is 1. The molecule has 0 atom stereocenters. The Hall–Kier alpha value is -1.68. The van der Waals surface area contributed by atoms with E-state index in [0.29, 0.717) is 0 Å². The highest BCUT2D eigenvalue weighted by Crippen LogP contribution is 2.20. The molecule has 1 aliphatic rings. The molecule has 4 nitrogen and oxygen atoms in total. The first-order valence-electron chi connectivity index (χ1n) is 6.74. The topological polar surface area (TPSA) is 49.4 Å². The van der Waals surface area contributed by atoms with Gasteiger partial charge in [-0.05, 0) is 44.5 Å². The fourth-order valence-electron chi connectivity index (χ4n) is 2.38. The maximum Gasteiger partial charge on any atom is 0.231 e. The van der Waals surface area contributed by atoms with Gasteiger partial charge in [0, 0.05) is 12.2 Å². The second kappa shape index (κ2) is 6.48. The molecule has 1 aromatic rings. The predicted molar refractivity (Wildman–Crippen MR) is 74.9 cm³/mol. The summed E-state index contributed by atoms with van der Waals surface area (Å²) >= 11 is 0. The number of benzene rings is 1. The fraction of sp³-hybridized carbons (Fsp3) is 0.467. The van der Waals surface area contributed by atoms with Gasteiger partial charge in [0.05, 0.1) is 6.42 Å². The van der Waals surface area contributed by atoms with Crippen molar-refractivity contribution in [2.75, 3.05) is 18.4 Å². The van der Waals surface area contributed by atoms with E-state index in [1.807, 2.05) is 24.3 Å². The third-order valence-electron chi connectivity index (χ3n) is 3.29. The van der Waals surface area contributed by atoms with Crippen molar-refractivity contribution in [2.45, 2.75) is 32.7 Å². The largest absolute Gasteiger partial charge is 0.325 e. The summed E-state index contributed by atoms with van der Waals surface area (Å²) in [7, 11) is 0. The van der Waals surface area contributed by atoms with E-state index in [0.717, 1.165) is 30.9 Å². The van der Waals surface area contributed by atoms with Crippen molar-refractivity contribution in [3.63, 3.8) is 0 Å². The van der Waals surface area contributed by atoms with E-state index in [-0.39, 0.29) is 18.1 Å². The molecule has 1 saturated heterocycles. The Morgan fingerprint density at radius 3 is 2.58 bits per heavy atom. The number of anilines is 1. The molecular formula is C15H20N2O2. The van der Waals surface area contributed by atoms with E-state index < -0.39 is 0 Å². The molecule has 1 heterocycles. The van der Waals surface area contributed by atoms with Crippen molar-refractivity contribution < 1.29 is 9.59 Å². The van der Waals surface area contributed by atoms with Crippen LogP contribution in [0.5, 0.6) is 0 Å². The quantitative estimate of drug-likeness (QED) is 0.826. The monoisotopic (exact) mass is 260 g/mol. The number of para-hydroxylation sites is 1. The minimum absolute atomic E-state index is 0.0575. The molecule has 1 aromatic carbocycles. The molecular weight excluding hydrogens is 240 g/mol. The van der Waals surface area contributed by atoms with Gasteiger partial charge in [-0.2, -0.15) is 0 Å². The lowest BCUT2D eigenvalue weighted by Crippen LogP contribution is -2.21. The number of nitrogens with zero attached hydrogens (tertiary/aromatic N) is 1. The lowest BCUT2D eigenvalue weighted by atomic mass is 10.1. The zero-order valence-electron chi connectivity index (χ0n) is 11.3. The van der Waals surface area contributed by atoms with E-state index in [2.05, 4.69) is 10.2 Å². The molecule has 0 saturated carbocycles. The summed E-state index contributed by atoms with van der Waals surface area (Å²) in [5, 5.41) is 2.83. The van der Waals surface area contributed by atoms with E-state index in [9.17, 15) is 9.59 Å². The van der Waals surface area contributed by atoms with Crippen LogP contribution in [0.3, 0.4) is 0 Å². The molecule has 1 amide bonds. The third kappa shape index (κ3) is 4.17. The van der Waals surface area contributed by atoms with Crippen molar-refractivity contribution in [3.05, 3.63) is 29.8 Å². The van der Waals surface area contributed by atoms with Crippen LogP contribution in [0.25, 0.3) is 0 Å². The SMILES string of the molecule is CC(=O)CC(=O)Nc1ccccc1CN1CCCC1. The molecule has 4 heteroatoms. The Bertz CT molecular complexity index is 465. The molecule has 0 aliphatic carbocycles. The summed E-state index contributed by atoms with van der Waals surface area (Å²) in [6.45, 7) is 4.53. The zero-order chi connectivity index (χ0) is 13.7. The fourth-order valence-corrected chi connectivity index (χ4v) is 2.38. The Kier molecular flexibility index (Phi) is 4.68. The number of likely N-dealkylation sites (tertiary alicyclic amines) is 1. The lowest BCUT2D eigenvalue weighted by Gasteiger charge is -2.17. The summed E-state index contributed by atoms with van der Waals surface area (Å²) in [5.74, 6) is -0.351. The third-order valence-corrected chi connectivity index (χ3v) is 3.29. The minimum Gasteiger partial charge on any atom is -0.325 e. The molecule has 0 radical (unpaired) electrons. The normalized spacial score (nSPS) is 15.4. The van der Waals surface area contributed by atoms with Gasteiger partial charge in [-0.25, -0.2) is 0 Å². The van der Waals surface area contributed by atoms with Crippen LogP contribution in [0.4, 0.5) is 5.69 Å². The second-order valence-electron chi connectivity index (χ2n) is 5.07. The highest BCUT2D eigenvalue weighted by atomic mass is 16.2. The predicted octanol–water partition coefficient (Wildman–Crippen LogP) is 2.20. The van der Waals surface area contributed by atoms with Gasteiger partial charge in [-0.15, -0.1) is 0 Å². The van der Waals surface area contributed by atoms with Crippen molar-refractivity contribution in [1.29, 1.82) is 0 Å². The van der Waals surface area contributed by atoms with Crippen molar-refractivity contribution in [1.82, 2.24) is 4.90 Å². The van der Waals surface area contributed by atoms with Crippen LogP contribution in [0, 0.1) is 0 Å². The second-order valence-corrected chi connectivity index (χ2v) is 5.07. The van der Waals surface area contributed by atoms with Crippen LogP contribution in [0.2, 0.25) is 0 Å². The smallest absolute Gasteiger partial charge is 0.231 e. The van der Waals surface area contributed by atoms with Gasteiger partial charge in [0.1, 0.15) is 5.78 Å². The summed E-state index contributed by atoms with van der Waals surface area (Å²) in [6, 6.07) is 7.80. The average molecular weight is 260 g/mol. The molecule has 19 heavy (non-hydrogen) atoms. The molecule has 1 N–H and O–H groups in total. The standard InChI is InChI=1S/C15H20N2O2/c1-12(18)10-15(19)16-14-7-3-2-6-13(14)11-17-8-4-5-9-17/h2-3,6-7H,4-5,8-11H2,1H3,(H,16,19). The Balaban J connectivity index is 2.02. The number of nitrogens with one attached hydrogen (secondary N) is 1. The first-order valence-corrected chi connectivity index (χ1v) is 6.74. The van der Waals surface area contributed by atoms with Crippen LogP contribution in [0.15, 0.2) is 24.3 Å². The molecule has 1 aliphatic heterocycles. The summed E-state index contributed by atoms with van der Waals surface area (Å²) in [6.07, 6.45) is 2.44. The number of rotatable bonds is 5. The van der Waals surface area contributed by atoms with E-state index in [1.54, 1.807) is 0 Å². The number of carbonyl (C=O) groups is 2. The number of carbonyl (C=O) groups excluding carboxylic acids is 2. The maximum absolute atomic E-state index is 11.7. The highest BCUT2D eigenvalue weighted by Gasteiger charge is 2.14. The molecule has 0 unspecified atom stereocenters. The van der Waals surface area contributed by atoms with E-state index in [4.69, 9.17) is 0 Å². The van der Waals surface area contributed by atoms with Gasteiger partial charge in [-0.1, -0.05) is 18.2 Å². The lowest BCUT2D eigenvalue weighted by molar-refractivity contribution is -0.124. The van der Waals surface area contributed by atoms with Gasteiger partial charge in [-0.3, -0.25) is 14.5 Å². The summed E-state index contributed by atoms with van der Waals surface area (Å²) < 4.78 is 0. The average Bonchev–Trinajstić information content (AvgIpc) is 2.83. The Morgan fingerprint density at radius 1 is 1.21 bits per heavy atom. The molecule has 0 spiro atoms. The number of hydrogen-bond acceptors (Lipinski definition) is 3. The summed E-state index contributed by atoms with van der Waals surface area (Å²) in [4.78, 5) is 25.0. The Morgan fingerprint density at radius 2 is 1.89 bits per heavy atom. The van der Waals surface area contributed by atoms with Crippen LogP contribution in [0.1, 0.15) is 31.7 Å². The van der Waals surface area contributed by atoms with Crippen LogP contribution in [-0.4, -0.2) is 29.7 Å². The zero-order valence-corrected chi connectivity index (χ0v) is 11.3. The van der Waals surface area contributed by atoms with Gasteiger partial charge in [0.25, 0.3) is 0 Å². The first-order chi connectivity index (χ1) is 9.15. The molecule has 0 aromatic heterocycles. The molecule has 1 fully saturated rings. The first kappa shape index (κ1) is 13.7. The van der Waals surface area contributed by atoms with Crippen LogP contribution in [-0.2, 0) is 16.1 Å². The minimum atomic E-state index is -0.235. The molecule has 2 rings (SSSR count). The van der Waals surface area contributed by atoms with Gasteiger partial charge < -0.3 is 5.32 Å². The van der Waals surface area contributed by atoms with E-state index >= 15 is 0 Å². The Labute approximate surface area is 113 Å². The molecule has 102 valence electrons. The number of hydrogen-bond donors (Lipinski definition) is 1. The number of ketones is 1. The van der Waals surface area contributed by atoms with Crippen molar-refractivity contribution in [2.24, 2.45) is 0 Å². The highest BCUT2D eigenvalue weighted by molar-refractivity contribution is 6.03. The van der Waals surface area contributed by atoms with Gasteiger partial charge in [0.2, 0.25) is 5.91 Å². The molecule has 0 bridgehead atoms. The van der Waals surface area contributed by atoms with Gasteiger partial charge >= 0.3 is 0 Å². The van der Waals surface area contributed by atoms with Crippen LogP contribution >= 0.6 is 0 Å². The van der Waals surface area contributed by atoms with Crippen molar-refractivity contribution >= 4 is 17.4 Å². The van der Waals surface area contributed by atoms with Crippen molar-refractivity contribution in [3.8, 4) is 0 Å².